The van der Waals surface area contributed by atoms with Crippen LogP contribution in [-0.4, -0.2) is 202 Å². The number of aromatic hydroxyl groups is 4. The standard InChI is InChI=1S/C80H122N24O16/c1-45(2)39-61(73(117)97-55(13-9-35-91-77(83)84)69(113)101-59(67(81)111)41-47-19-27-51(105)28-20-47)103-71(115)57(15-11-37-93-79(87)88)99-75(119)63(43-49-23-31-53(107)32-24-49)95-65(109)17-7-5-6-8-18-66(110)96-64(44-50-25-33-54(108)34-26-50)76(120)100-58(16-12-38-94-80(89)90)72(116)104-62(40-46(3)4)74(118)98-56(14-10-36-92-78(85)86)70(114)102-60(68(82)112)42-48-21-29-52(106)30-22-48/h19-34,45-46,55-64,105-108H,5-18,35-44H2,1-4H3,(H2,81,111)(H2,82,112)(H,95,109)(H,96,110)(H,97,117)(H,98,118)(H,99,119)(H,100,120)(H,101,113)(H,102,114)(H,103,115)(H,104,116)(H4,83,84,91)(H4,85,86,92)(H4,87,88,93)(H4,89,90,94)/t55-,56-,57-,58-,59-,60-,61-,62-,63-,64-/m0/s1. The molecule has 0 spiro atoms. The van der Waals surface area contributed by atoms with Crippen molar-refractivity contribution in [1.29, 1.82) is 21.6 Å². The van der Waals surface area contributed by atoms with Crippen LogP contribution in [0.3, 0.4) is 0 Å². The third kappa shape index (κ3) is 40.1. The van der Waals surface area contributed by atoms with Gasteiger partial charge in [0.05, 0.1) is 0 Å². The highest BCUT2D eigenvalue weighted by molar-refractivity contribution is 5.98. The van der Waals surface area contributed by atoms with Crippen LogP contribution in [-0.2, 0) is 83.2 Å². The Balaban J connectivity index is 1.51. The second-order valence-electron chi connectivity index (χ2n) is 30.1. The van der Waals surface area contributed by atoms with Crippen molar-refractivity contribution in [3.63, 3.8) is 0 Å². The van der Waals surface area contributed by atoms with E-state index in [1.165, 1.54) is 97.1 Å². The number of rotatable bonds is 55. The number of guanidine groups is 4. The summed E-state index contributed by atoms with van der Waals surface area (Å²) in [4.78, 5) is 169. The SMILES string of the molecule is CC(C)C[C@H](NC(=O)[C@H](CCCNC(=N)N)NC(=O)[C@H](Cc1ccc(O)cc1)NC(=O)CCCCCCC(=O)N[C@@H](Cc1ccc(O)cc1)C(=O)N[C@@H](CCCNC(=N)N)C(=O)N[C@@H](CC(C)C)C(=O)N[C@@H](CCCNC(=N)N)C(=O)N[C@@H](Cc1ccc(O)cc1)C(N)=O)C(=O)N[C@@H](CCCNC(=N)N)C(=O)N[C@@H](Cc1ccc(O)cc1)C(N)=O. The molecule has 4 aromatic carbocycles. The minimum atomic E-state index is -1.40. The quantitative estimate of drug-likeness (QED) is 0.0130. The summed E-state index contributed by atoms with van der Waals surface area (Å²) in [6, 6.07) is 10.0. The van der Waals surface area contributed by atoms with E-state index in [1.807, 2.05) is 0 Å². The van der Waals surface area contributed by atoms with E-state index in [9.17, 15) is 78.0 Å². The Kier molecular flexibility index (Phi) is 43.4. The monoisotopic (exact) mass is 1670 g/mol. The summed E-state index contributed by atoms with van der Waals surface area (Å²) in [7, 11) is 0. The van der Waals surface area contributed by atoms with Crippen LogP contribution >= 0.6 is 0 Å². The summed E-state index contributed by atoms with van der Waals surface area (Å²) in [5.74, 6) is -11.7. The van der Waals surface area contributed by atoms with Crippen LogP contribution in [0.5, 0.6) is 23.0 Å². The Morgan fingerprint density at radius 3 is 0.692 bits per heavy atom. The van der Waals surface area contributed by atoms with Crippen LogP contribution in [0.1, 0.15) is 153 Å². The Hall–Kier alpha value is -13.2. The summed E-state index contributed by atoms with van der Waals surface area (Å²) in [5, 5.41) is 108. The molecular weight excluding hydrogens is 1550 g/mol. The zero-order valence-corrected chi connectivity index (χ0v) is 68.3. The maximum absolute atomic E-state index is 14.6. The largest absolute Gasteiger partial charge is 0.508 e. The molecule has 4 rings (SSSR count). The van der Waals surface area contributed by atoms with Crippen LogP contribution < -0.4 is 109 Å². The Morgan fingerprint density at radius 2 is 0.475 bits per heavy atom. The maximum atomic E-state index is 14.6. The molecule has 120 heavy (non-hydrogen) atoms. The number of hydrogen-bond acceptors (Lipinski definition) is 20. The van der Waals surface area contributed by atoms with Crippen molar-refractivity contribution in [3.05, 3.63) is 119 Å². The lowest BCUT2D eigenvalue weighted by molar-refractivity contribution is -0.135. The Bertz CT molecular complexity index is 3810. The number of hydrogen-bond donors (Lipinski definition) is 28. The highest BCUT2D eigenvalue weighted by Crippen LogP contribution is 2.19. The summed E-state index contributed by atoms with van der Waals surface area (Å²) < 4.78 is 0. The fraction of sp³-hybridized carbons (Fsp3) is 0.500. The number of phenolic OH excluding ortho intramolecular Hbond substituents is 4. The highest BCUT2D eigenvalue weighted by atomic mass is 16.3. The fourth-order valence-electron chi connectivity index (χ4n) is 12.6. The number of unbranched alkanes of at least 4 members (excludes halogenated alkanes) is 3. The van der Waals surface area contributed by atoms with Gasteiger partial charge in [0.1, 0.15) is 83.4 Å². The number of amides is 12. The van der Waals surface area contributed by atoms with Crippen LogP contribution in [0.2, 0.25) is 0 Å². The molecule has 4 aromatic rings. The van der Waals surface area contributed by atoms with Gasteiger partial charge in [0.2, 0.25) is 70.9 Å². The van der Waals surface area contributed by atoms with Crippen molar-refractivity contribution in [2.45, 2.75) is 217 Å². The van der Waals surface area contributed by atoms with Gasteiger partial charge in [0.15, 0.2) is 23.8 Å². The molecule has 0 saturated heterocycles. The first kappa shape index (κ1) is 99.2. The minimum Gasteiger partial charge on any atom is -0.508 e. The van der Waals surface area contributed by atoms with Gasteiger partial charge in [-0.3, -0.25) is 79.2 Å². The third-order valence-corrected chi connectivity index (χ3v) is 18.8. The molecule has 0 aromatic heterocycles. The normalized spacial score (nSPS) is 13.5. The van der Waals surface area contributed by atoms with Gasteiger partial charge < -0.3 is 129 Å². The van der Waals surface area contributed by atoms with E-state index in [0.29, 0.717) is 35.1 Å². The van der Waals surface area contributed by atoms with Crippen molar-refractivity contribution < 1.29 is 78.0 Å². The molecule has 658 valence electrons. The van der Waals surface area contributed by atoms with Crippen LogP contribution in [0.15, 0.2) is 97.1 Å². The molecular formula is C80H122N24O16. The molecule has 0 unspecified atom stereocenters. The van der Waals surface area contributed by atoms with Gasteiger partial charge >= 0.3 is 0 Å². The average Bonchev–Trinajstić information content (AvgIpc) is 0.853. The van der Waals surface area contributed by atoms with Gasteiger partial charge in [0, 0.05) is 64.7 Å². The number of nitrogens with two attached hydrogens (primary N) is 6. The number of carbonyl (C=O) groups excluding carboxylic acids is 12. The first-order valence-electron chi connectivity index (χ1n) is 39.9. The number of phenols is 4. The van der Waals surface area contributed by atoms with Gasteiger partial charge in [-0.15, -0.1) is 0 Å². The smallest absolute Gasteiger partial charge is 0.243 e. The first-order chi connectivity index (χ1) is 56.8. The second kappa shape index (κ2) is 52.5. The topological polar surface area (TPSA) is 706 Å². The van der Waals surface area contributed by atoms with E-state index in [4.69, 9.17) is 56.0 Å². The van der Waals surface area contributed by atoms with Crippen molar-refractivity contribution in [3.8, 4) is 23.0 Å². The number of primary amides is 2. The molecule has 0 radical (unpaired) electrons. The average molecular weight is 1680 g/mol. The molecule has 40 nitrogen and oxygen atoms in total. The van der Waals surface area contributed by atoms with E-state index in [0.717, 1.165) is 0 Å². The molecule has 40 heteroatoms. The van der Waals surface area contributed by atoms with Gasteiger partial charge in [0.25, 0.3) is 0 Å². The number of benzene rings is 4. The fourth-order valence-corrected chi connectivity index (χ4v) is 12.6. The highest BCUT2D eigenvalue weighted by Gasteiger charge is 2.36. The molecule has 0 fully saturated rings. The van der Waals surface area contributed by atoms with Crippen LogP contribution in [0.4, 0.5) is 0 Å². The molecule has 34 N–H and O–H groups in total. The Morgan fingerprint density at radius 1 is 0.275 bits per heavy atom. The van der Waals surface area contributed by atoms with Crippen molar-refractivity contribution in [2.24, 2.45) is 46.2 Å². The molecule has 10 atom stereocenters. The van der Waals surface area contributed by atoms with Crippen molar-refractivity contribution in [1.82, 2.24) is 74.4 Å². The second-order valence-corrected chi connectivity index (χ2v) is 30.1. The molecule has 0 aliphatic carbocycles. The molecule has 0 bridgehead atoms. The van der Waals surface area contributed by atoms with Crippen molar-refractivity contribution in [2.75, 3.05) is 26.2 Å². The van der Waals surface area contributed by atoms with E-state index < -0.39 is 131 Å². The lowest BCUT2D eigenvalue weighted by Gasteiger charge is -2.28. The molecule has 0 saturated carbocycles. The molecule has 12 amide bonds. The molecule has 0 aliphatic rings. The third-order valence-electron chi connectivity index (χ3n) is 18.8. The van der Waals surface area contributed by atoms with Gasteiger partial charge in [-0.25, -0.2) is 0 Å². The lowest BCUT2D eigenvalue weighted by Crippen LogP contribution is -2.59. The zero-order chi connectivity index (χ0) is 89.0. The first-order valence-corrected chi connectivity index (χ1v) is 39.9. The van der Waals surface area contributed by atoms with Gasteiger partial charge in [-0.1, -0.05) is 89.1 Å². The summed E-state index contributed by atoms with van der Waals surface area (Å²) in [6.45, 7) is 7.49. The molecule has 0 heterocycles. The Labute approximate surface area is 697 Å². The predicted molar refractivity (Wildman–Crippen MR) is 448 cm³/mol. The van der Waals surface area contributed by atoms with E-state index in [1.54, 1.807) is 27.7 Å². The van der Waals surface area contributed by atoms with Crippen molar-refractivity contribution >= 4 is 94.7 Å². The van der Waals surface area contributed by atoms with E-state index in [-0.39, 0.29) is 200 Å². The van der Waals surface area contributed by atoms with Crippen LogP contribution in [0.25, 0.3) is 0 Å². The number of carbonyl (C=O) groups is 12. The lowest BCUT2D eigenvalue weighted by atomic mass is 10.00. The number of nitrogens with one attached hydrogen (secondary N) is 18. The summed E-state index contributed by atoms with van der Waals surface area (Å²) >= 11 is 0. The predicted octanol–water partition coefficient (Wildman–Crippen LogP) is -1.92. The molecule has 0 aliphatic heterocycles. The van der Waals surface area contributed by atoms with Crippen LogP contribution in [0, 0.1) is 33.5 Å². The van der Waals surface area contributed by atoms with Gasteiger partial charge in [-0.05, 0) is 160 Å². The zero-order valence-electron chi connectivity index (χ0n) is 68.3. The van der Waals surface area contributed by atoms with E-state index in [2.05, 4.69) is 74.4 Å². The summed E-state index contributed by atoms with van der Waals surface area (Å²) in [6.07, 6.45) is 0.984. The summed E-state index contributed by atoms with van der Waals surface area (Å²) in [5.41, 5.74) is 35.6. The van der Waals surface area contributed by atoms with E-state index >= 15 is 0 Å². The van der Waals surface area contributed by atoms with Gasteiger partial charge in [-0.2, -0.15) is 0 Å². The maximum Gasteiger partial charge on any atom is 0.243 e. The minimum absolute atomic E-state index is 0.0159.